The molecule has 2 nitrogen and oxygen atoms in total. The van der Waals surface area contributed by atoms with Crippen LogP contribution in [0.4, 0.5) is 0 Å². The van der Waals surface area contributed by atoms with Gasteiger partial charge in [-0.1, -0.05) is 86.6 Å². The van der Waals surface area contributed by atoms with E-state index in [1.165, 1.54) is 43.6 Å². The Balaban J connectivity index is 1.48. The lowest BCUT2D eigenvalue weighted by Gasteiger charge is -2.28. The van der Waals surface area contributed by atoms with E-state index >= 15 is 0 Å². The van der Waals surface area contributed by atoms with E-state index in [-0.39, 0.29) is 5.41 Å². The SMILES string of the molecule is CC(C)(Cn1c2ccccc2c2ccccc21)Cn1c2ccccc2c2ccccc21. The second-order valence-corrected chi connectivity index (χ2v) is 9.41. The van der Waals surface area contributed by atoms with Crippen LogP contribution in [0.3, 0.4) is 0 Å². The van der Waals surface area contributed by atoms with Gasteiger partial charge in [0.25, 0.3) is 0 Å². The average Bonchev–Trinajstić information content (AvgIpc) is 3.28. The molecule has 6 rings (SSSR count). The lowest BCUT2D eigenvalue weighted by atomic mass is 9.92. The highest BCUT2D eigenvalue weighted by atomic mass is 15.0. The summed E-state index contributed by atoms with van der Waals surface area (Å²) in [5, 5.41) is 5.35. The van der Waals surface area contributed by atoms with Gasteiger partial charge in [0.05, 0.1) is 0 Å². The van der Waals surface area contributed by atoms with Crippen LogP contribution in [0.1, 0.15) is 13.8 Å². The van der Waals surface area contributed by atoms with Crippen molar-refractivity contribution in [3.8, 4) is 0 Å². The molecule has 0 aliphatic carbocycles. The Labute approximate surface area is 182 Å². The molecule has 0 bridgehead atoms. The van der Waals surface area contributed by atoms with Gasteiger partial charge in [0.15, 0.2) is 0 Å². The number of aromatic nitrogens is 2. The first kappa shape index (κ1) is 18.3. The Morgan fingerprint density at radius 1 is 0.452 bits per heavy atom. The molecule has 0 amide bonds. The molecule has 152 valence electrons. The second-order valence-electron chi connectivity index (χ2n) is 9.41. The lowest BCUT2D eigenvalue weighted by molar-refractivity contribution is 0.272. The summed E-state index contributed by atoms with van der Waals surface area (Å²) in [7, 11) is 0. The van der Waals surface area contributed by atoms with Crippen molar-refractivity contribution in [2.75, 3.05) is 0 Å². The number of benzene rings is 4. The largest absolute Gasteiger partial charge is 0.340 e. The van der Waals surface area contributed by atoms with Crippen molar-refractivity contribution in [3.63, 3.8) is 0 Å². The average molecular weight is 403 g/mol. The summed E-state index contributed by atoms with van der Waals surface area (Å²) in [6, 6.07) is 35.2. The molecule has 0 fully saturated rings. The molecular weight excluding hydrogens is 376 g/mol. The zero-order valence-electron chi connectivity index (χ0n) is 18.0. The summed E-state index contributed by atoms with van der Waals surface area (Å²) in [6.07, 6.45) is 0. The van der Waals surface area contributed by atoms with Crippen LogP contribution < -0.4 is 0 Å². The molecule has 0 atom stereocenters. The first-order valence-electron chi connectivity index (χ1n) is 11.0. The van der Waals surface area contributed by atoms with Crippen molar-refractivity contribution >= 4 is 43.6 Å². The Morgan fingerprint density at radius 3 is 1.00 bits per heavy atom. The third-order valence-electron chi connectivity index (χ3n) is 6.53. The first-order chi connectivity index (χ1) is 15.1. The molecule has 4 aromatic carbocycles. The van der Waals surface area contributed by atoms with Crippen LogP contribution in [-0.2, 0) is 13.1 Å². The van der Waals surface area contributed by atoms with Crippen LogP contribution in [-0.4, -0.2) is 9.13 Å². The molecule has 2 aromatic heterocycles. The molecule has 0 aliphatic rings. The number of para-hydroxylation sites is 4. The van der Waals surface area contributed by atoms with Crippen LogP contribution in [0.5, 0.6) is 0 Å². The molecule has 0 N–H and O–H groups in total. The molecule has 0 saturated carbocycles. The number of hydrogen-bond acceptors (Lipinski definition) is 0. The highest BCUT2D eigenvalue weighted by Gasteiger charge is 2.24. The normalized spacial score (nSPS) is 12.5. The van der Waals surface area contributed by atoms with E-state index in [9.17, 15) is 0 Å². The Hall–Kier alpha value is -3.52. The highest BCUT2D eigenvalue weighted by molar-refractivity contribution is 6.08. The van der Waals surface area contributed by atoms with Crippen molar-refractivity contribution in [2.24, 2.45) is 5.41 Å². The standard InChI is InChI=1S/C29H26N2/c1-29(2,19-30-25-15-7-3-11-21(25)22-12-4-8-16-26(22)30)20-31-27-17-9-5-13-23(27)24-14-6-10-18-28(24)31/h3-18H,19-20H2,1-2H3. The Morgan fingerprint density at radius 2 is 0.710 bits per heavy atom. The van der Waals surface area contributed by atoms with Crippen molar-refractivity contribution in [3.05, 3.63) is 97.1 Å². The molecular formula is C29H26N2. The second kappa shape index (κ2) is 6.75. The van der Waals surface area contributed by atoms with E-state index in [2.05, 4.69) is 120 Å². The van der Waals surface area contributed by atoms with Gasteiger partial charge in [-0.3, -0.25) is 0 Å². The van der Waals surface area contributed by atoms with Gasteiger partial charge in [-0.2, -0.15) is 0 Å². The van der Waals surface area contributed by atoms with E-state index < -0.39 is 0 Å². The summed E-state index contributed by atoms with van der Waals surface area (Å²) >= 11 is 0. The summed E-state index contributed by atoms with van der Waals surface area (Å²) in [6.45, 7) is 6.70. The number of rotatable bonds is 4. The zero-order valence-corrected chi connectivity index (χ0v) is 18.0. The summed E-state index contributed by atoms with van der Waals surface area (Å²) in [4.78, 5) is 0. The van der Waals surface area contributed by atoms with Gasteiger partial charge in [0, 0.05) is 62.1 Å². The van der Waals surface area contributed by atoms with E-state index in [1.807, 2.05) is 0 Å². The van der Waals surface area contributed by atoms with Crippen LogP contribution >= 0.6 is 0 Å². The molecule has 2 heterocycles. The van der Waals surface area contributed by atoms with E-state index in [0.717, 1.165) is 13.1 Å². The van der Waals surface area contributed by atoms with Gasteiger partial charge < -0.3 is 9.13 Å². The minimum atomic E-state index is 0.0646. The minimum Gasteiger partial charge on any atom is -0.340 e. The monoisotopic (exact) mass is 402 g/mol. The highest BCUT2D eigenvalue weighted by Crippen LogP contribution is 2.35. The van der Waals surface area contributed by atoms with Gasteiger partial charge >= 0.3 is 0 Å². The maximum Gasteiger partial charge on any atom is 0.0491 e. The van der Waals surface area contributed by atoms with E-state index in [0.29, 0.717) is 0 Å². The molecule has 6 aromatic rings. The third-order valence-corrected chi connectivity index (χ3v) is 6.53. The predicted molar refractivity (Wildman–Crippen MR) is 133 cm³/mol. The van der Waals surface area contributed by atoms with Crippen LogP contribution in [0.2, 0.25) is 0 Å². The van der Waals surface area contributed by atoms with Crippen LogP contribution in [0, 0.1) is 5.41 Å². The molecule has 0 radical (unpaired) electrons. The summed E-state index contributed by atoms with van der Waals surface area (Å²) < 4.78 is 5.02. The third kappa shape index (κ3) is 2.86. The summed E-state index contributed by atoms with van der Waals surface area (Å²) in [5.74, 6) is 0. The van der Waals surface area contributed by atoms with Gasteiger partial charge in [-0.15, -0.1) is 0 Å². The zero-order chi connectivity index (χ0) is 21.0. The topological polar surface area (TPSA) is 9.86 Å². The lowest BCUT2D eigenvalue weighted by Crippen LogP contribution is -2.25. The van der Waals surface area contributed by atoms with Gasteiger partial charge in [-0.05, 0) is 24.3 Å². The molecule has 31 heavy (non-hydrogen) atoms. The van der Waals surface area contributed by atoms with Crippen molar-refractivity contribution in [2.45, 2.75) is 26.9 Å². The van der Waals surface area contributed by atoms with Crippen molar-refractivity contribution in [1.82, 2.24) is 9.13 Å². The van der Waals surface area contributed by atoms with E-state index in [4.69, 9.17) is 0 Å². The quantitative estimate of drug-likeness (QED) is 0.287. The minimum absolute atomic E-state index is 0.0646. The Kier molecular flexibility index (Phi) is 3.97. The predicted octanol–water partition coefficient (Wildman–Crippen LogP) is 7.63. The van der Waals surface area contributed by atoms with Crippen LogP contribution in [0.25, 0.3) is 43.6 Å². The van der Waals surface area contributed by atoms with Gasteiger partial charge in [0.2, 0.25) is 0 Å². The fourth-order valence-corrected chi connectivity index (χ4v) is 5.25. The number of fused-ring (bicyclic) bond motifs is 6. The molecule has 0 aliphatic heterocycles. The maximum atomic E-state index is 2.51. The molecule has 0 saturated heterocycles. The van der Waals surface area contributed by atoms with E-state index in [1.54, 1.807) is 0 Å². The number of nitrogens with zero attached hydrogens (tertiary/aromatic N) is 2. The van der Waals surface area contributed by atoms with Gasteiger partial charge in [0.1, 0.15) is 0 Å². The van der Waals surface area contributed by atoms with Crippen molar-refractivity contribution in [1.29, 1.82) is 0 Å². The summed E-state index contributed by atoms with van der Waals surface area (Å²) in [5.41, 5.74) is 5.34. The maximum absolute atomic E-state index is 2.51. The molecule has 2 heteroatoms. The molecule has 0 spiro atoms. The molecule has 0 unspecified atom stereocenters. The van der Waals surface area contributed by atoms with Gasteiger partial charge in [-0.25, -0.2) is 0 Å². The number of hydrogen-bond donors (Lipinski definition) is 0. The van der Waals surface area contributed by atoms with Crippen molar-refractivity contribution < 1.29 is 0 Å². The Bertz CT molecular complexity index is 1340. The smallest absolute Gasteiger partial charge is 0.0491 e. The first-order valence-corrected chi connectivity index (χ1v) is 11.0. The van der Waals surface area contributed by atoms with Crippen LogP contribution in [0.15, 0.2) is 97.1 Å². The fourth-order valence-electron chi connectivity index (χ4n) is 5.25. The fraction of sp³-hybridized carbons (Fsp3) is 0.172.